The number of benzene rings is 3. The molecule has 0 fully saturated rings. The summed E-state index contributed by atoms with van der Waals surface area (Å²) in [5.41, 5.74) is 4.41. The fourth-order valence-corrected chi connectivity index (χ4v) is 3.83. The molecule has 0 saturated carbocycles. The van der Waals surface area contributed by atoms with Gasteiger partial charge in [-0.1, -0.05) is 84.6 Å². The van der Waals surface area contributed by atoms with Crippen molar-refractivity contribution in [2.24, 2.45) is 0 Å². The van der Waals surface area contributed by atoms with Gasteiger partial charge < -0.3 is 0 Å². The van der Waals surface area contributed by atoms with Crippen molar-refractivity contribution in [1.82, 2.24) is 9.97 Å². The summed E-state index contributed by atoms with van der Waals surface area (Å²) < 4.78 is 0. The molecule has 0 spiro atoms. The van der Waals surface area contributed by atoms with Gasteiger partial charge in [0, 0.05) is 17.0 Å². The van der Waals surface area contributed by atoms with Crippen LogP contribution in [-0.4, -0.2) is 9.97 Å². The van der Waals surface area contributed by atoms with Crippen LogP contribution in [0.4, 0.5) is 0 Å². The minimum atomic E-state index is 0.826. The van der Waals surface area contributed by atoms with Crippen LogP contribution in [0.2, 0.25) is 0 Å². The molecule has 0 aliphatic carbocycles. The summed E-state index contributed by atoms with van der Waals surface area (Å²) >= 11 is 1.69. The van der Waals surface area contributed by atoms with E-state index in [1.165, 1.54) is 16.3 Å². The third kappa shape index (κ3) is 3.57. The second kappa shape index (κ2) is 7.08. The monoisotopic (exact) mass is 342 g/mol. The standard InChI is InChI=1S/C22H18N2S/c1-16-14-21(18-9-3-2-4-10-18)24-22(23-16)25-15-19-12-7-11-17-8-5-6-13-20(17)19/h2-14H,15H2,1H3. The lowest BCUT2D eigenvalue weighted by Crippen LogP contribution is -1.94. The van der Waals surface area contributed by atoms with Crippen molar-refractivity contribution in [3.8, 4) is 11.3 Å². The second-order valence-electron chi connectivity index (χ2n) is 5.97. The van der Waals surface area contributed by atoms with Crippen LogP contribution in [0.1, 0.15) is 11.3 Å². The molecule has 0 radical (unpaired) electrons. The number of aromatic nitrogens is 2. The van der Waals surface area contributed by atoms with Crippen molar-refractivity contribution in [3.05, 3.63) is 90.1 Å². The lowest BCUT2D eigenvalue weighted by Gasteiger charge is -2.08. The van der Waals surface area contributed by atoms with Crippen molar-refractivity contribution in [2.45, 2.75) is 17.8 Å². The third-order valence-corrected chi connectivity index (χ3v) is 5.04. The fourth-order valence-electron chi connectivity index (χ4n) is 2.92. The Morgan fingerprint density at radius 1 is 0.800 bits per heavy atom. The van der Waals surface area contributed by atoms with Crippen LogP contribution >= 0.6 is 11.8 Å². The molecule has 0 saturated heterocycles. The molecule has 0 bridgehead atoms. The summed E-state index contributed by atoms with van der Waals surface area (Å²) in [6.07, 6.45) is 0. The van der Waals surface area contributed by atoms with Crippen LogP contribution in [0.25, 0.3) is 22.0 Å². The third-order valence-electron chi connectivity index (χ3n) is 4.14. The maximum atomic E-state index is 4.75. The molecule has 2 nitrogen and oxygen atoms in total. The van der Waals surface area contributed by atoms with Crippen molar-refractivity contribution < 1.29 is 0 Å². The van der Waals surface area contributed by atoms with E-state index in [1.54, 1.807) is 11.8 Å². The van der Waals surface area contributed by atoms with E-state index in [4.69, 9.17) is 4.98 Å². The Hall–Kier alpha value is -2.65. The predicted octanol–water partition coefficient (Wildman–Crippen LogP) is 5.90. The topological polar surface area (TPSA) is 25.8 Å². The van der Waals surface area contributed by atoms with E-state index < -0.39 is 0 Å². The summed E-state index contributed by atoms with van der Waals surface area (Å²) in [5.74, 6) is 0.860. The van der Waals surface area contributed by atoms with Gasteiger partial charge in [0.05, 0.1) is 5.69 Å². The van der Waals surface area contributed by atoms with Gasteiger partial charge in [0.25, 0.3) is 0 Å². The zero-order valence-electron chi connectivity index (χ0n) is 14.0. The Balaban J connectivity index is 1.62. The number of thioether (sulfide) groups is 1. The Morgan fingerprint density at radius 3 is 2.44 bits per heavy atom. The van der Waals surface area contributed by atoms with E-state index in [0.717, 1.165) is 27.9 Å². The number of nitrogens with zero attached hydrogens (tertiary/aromatic N) is 2. The van der Waals surface area contributed by atoms with Gasteiger partial charge in [-0.2, -0.15) is 0 Å². The zero-order chi connectivity index (χ0) is 17.1. The van der Waals surface area contributed by atoms with Crippen LogP contribution < -0.4 is 0 Å². The molecular formula is C22H18N2S. The molecule has 0 aliphatic heterocycles. The zero-order valence-corrected chi connectivity index (χ0v) is 14.8. The van der Waals surface area contributed by atoms with Crippen LogP contribution in [0.15, 0.2) is 84.0 Å². The molecule has 25 heavy (non-hydrogen) atoms. The smallest absolute Gasteiger partial charge is 0.188 e. The summed E-state index contributed by atoms with van der Waals surface area (Å²) in [6.45, 7) is 2.02. The van der Waals surface area contributed by atoms with E-state index in [1.807, 2.05) is 31.2 Å². The minimum Gasteiger partial charge on any atom is -0.228 e. The van der Waals surface area contributed by atoms with Gasteiger partial charge in [-0.05, 0) is 29.3 Å². The van der Waals surface area contributed by atoms with Gasteiger partial charge in [0.1, 0.15) is 0 Å². The first-order valence-corrected chi connectivity index (χ1v) is 9.29. The quantitative estimate of drug-likeness (QED) is 0.341. The first kappa shape index (κ1) is 15.9. The number of aryl methyl sites for hydroxylation is 1. The van der Waals surface area contributed by atoms with Crippen LogP contribution in [0.3, 0.4) is 0 Å². The molecule has 0 aliphatic rings. The fraction of sp³-hybridized carbons (Fsp3) is 0.0909. The lowest BCUT2D eigenvalue weighted by atomic mass is 10.1. The highest BCUT2D eigenvalue weighted by Crippen LogP contribution is 2.27. The van der Waals surface area contributed by atoms with E-state index in [-0.39, 0.29) is 0 Å². The normalized spacial score (nSPS) is 10.9. The maximum Gasteiger partial charge on any atom is 0.188 e. The van der Waals surface area contributed by atoms with Gasteiger partial charge >= 0.3 is 0 Å². The predicted molar refractivity (Wildman–Crippen MR) is 106 cm³/mol. The summed E-state index contributed by atoms with van der Waals surface area (Å²) in [4.78, 5) is 9.36. The number of fused-ring (bicyclic) bond motifs is 1. The Bertz CT molecular complexity index is 1010. The summed E-state index contributed by atoms with van der Waals surface area (Å²) in [5, 5.41) is 3.40. The van der Waals surface area contributed by atoms with Gasteiger partial charge in [0.2, 0.25) is 0 Å². The number of hydrogen-bond acceptors (Lipinski definition) is 3. The molecule has 0 amide bonds. The van der Waals surface area contributed by atoms with Gasteiger partial charge in [-0.15, -0.1) is 0 Å². The highest BCUT2D eigenvalue weighted by molar-refractivity contribution is 7.98. The Labute approximate surface area is 152 Å². The van der Waals surface area contributed by atoms with Crippen molar-refractivity contribution in [2.75, 3.05) is 0 Å². The molecule has 4 rings (SSSR count). The first-order chi connectivity index (χ1) is 12.3. The van der Waals surface area contributed by atoms with E-state index >= 15 is 0 Å². The number of rotatable bonds is 4. The molecule has 1 heterocycles. The highest BCUT2D eigenvalue weighted by atomic mass is 32.2. The van der Waals surface area contributed by atoms with E-state index in [9.17, 15) is 0 Å². The van der Waals surface area contributed by atoms with Gasteiger partial charge in [-0.25, -0.2) is 9.97 Å². The van der Waals surface area contributed by atoms with Crippen LogP contribution in [0.5, 0.6) is 0 Å². The van der Waals surface area contributed by atoms with Crippen molar-refractivity contribution in [1.29, 1.82) is 0 Å². The summed E-state index contributed by atoms with van der Waals surface area (Å²) in [7, 11) is 0. The minimum absolute atomic E-state index is 0.826. The lowest BCUT2D eigenvalue weighted by molar-refractivity contribution is 0.937. The number of hydrogen-bond donors (Lipinski definition) is 0. The molecule has 1 aromatic heterocycles. The average molecular weight is 342 g/mol. The Morgan fingerprint density at radius 2 is 1.56 bits per heavy atom. The summed E-state index contributed by atoms with van der Waals surface area (Å²) in [6, 6.07) is 27.3. The molecule has 0 unspecified atom stereocenters. The largest absolute Gasteiger partial charge is 0.228 e. The molecular weight excluding hydrogens is 324 g/mol. The first-order valence-electron chi connectivity index (χ1n) is 8.30. The Kier molecular flexibility index (Phi) is 4.49. The maximum absolute atomic E-state index is 4.75. The van der Waals surface area contributed by atoms with Crippen molar-refractivity contribution in [3.63, 3.8) is 0 Å². The molecule has 122 valence electrons. The highest BCUT2D eigenvalue weighted by Gasteiger charge is 2.07. The van der Waals surface area contributed by atoms with Crippen molar-refractivity contribution >= 4 is 22.5 Å². The van der Waals surface area contributed by atoms with E-state index in [2.05, 4.69) is 59.6 Å². The van der Waals surface area contributed by atoms with Crippen LogP contribution in [0, 0.1) is 6.92 Å². The molecule has 3 heteroatoms. The second-order valence-corrected chi connectivity index (χ2v) is 6.91. The molecule has 0 N–H and O–H groups in total. The van der Waals surface area contributed by atoms with Gasteiger partial charge in [-0.3, -0.25) is 0 Å². The molecule has 4 aromatic rings. The molecule has 3 aromatic carbocycles. The van der Waals surface area contributed by atoms with Gasteiger partial charge in [0.15, 0.2) is 5.16 Å². The van der Waals surface area contributed by atoms with Crippen LogP contribution in [-0.2, 0) is 5.75 Å². The van der Waals surface area contributed by atoms with E-state index in [0.29, 0.717) is 0 Å². The SMILES string of the molecule is Cc1cc(-c2ccccc2)nc(SCc2cccc3ccccc23)n1. The average Bonchev–Trinajstić information content (AvgIpc) is 2.66. The molecule has 0 atom stereocenters.